The second-order valence-corrected chi connectivity index (χ2v) is 4.60. The van der Waals surface area contributed by atoms with E-state index in [2.05, 4.69) is 4.18 Å². The van der Waals surface area contributed by atoms with Crippen molar-refractivity contribution in [2.24, 2.45) is 0 Å². The molecule has 0 spiro atoms. The van der Waals surface area contributed by atoms with Crippen molar-refractivity contribution in [3.05, 3.63) is 0 Å². The fourth-order valence-corrected chi connectivity index (χ4v) is 2.28. The molecule has 2 amide bonds. The minimum atomic E-state index is -4.60. The Balaban J connectivity index is 2.82. The molecule has 0 atom stereocenters. The van der Waals surface area contributed by atoms with Crippen LogP contribution in [0.2, 0.25) is 0 Å². The molecule has 0 aliphatic carbocycles. The van der Waals surface area contributed by atoms with Gasteiger partial charge in [-0.1, -0.05) is 6.92 Å². The third-order valence-corrected chi connectivity index (χ3v) is 3.13. The Bertz CT molecular complexity index is 410. The maximum Gasteiger partial charge on any atom is 0.421 e. The minimum absolute atomic E-state index is 0.0144. The topological polar surface area (TPSA) is 97.8 Å². The fourth-order valence-electron chi connectivity index (χ4n) is 1.21. The number of rotatable bonds is 4. The molecule has 1 aliphatic rings. The van der Waals surface area contributed by atoms with Crippen LogP contribution in [0.25, 0.3) is 0 Å². The Morgan fingerprint density at radius 1 is 1.31 bits per heavy atom. The number of hydrogen-bond donors (Lipinski definition) is 0. The number of carbonyl (C=O) groups excluding carboxylic acids is 3. The maximum atomic E-state index is 11.4. The zero-order valence-electron chi connectivity index (χ0n) is 8.63. The zero-order valence-corrected chi connectivity index (χ0v) is 9.45. The predicted molar refractivity (Wildman–Crippen MR) is 51.0 cm³/mol. The van der Waals surface area contributed by atoms with Gasteiger partial charge < -0.3 is 4.18 Å². The van der Waals surface area contributed by atoms with Gasteiger partial charge >= 0.3 is 16.3 Å². The first-order valence-corrected chi connectivity index (χ1v) is 6.08. The van der Waals surface area contributed by atoms with E-state index < -0.39 is 28.1 Å². The lowest BCUT2D eigenvalue weighted by Gasteiger charge is -2.12. The fraction of sp³-hybridized carbons (Fsp3) is 0.625. The molecule has 7 nitrogen and oxygen atoms in total. The molecule has 1 aliphatic heterocycles. The first-order valence-electron chi connectivity index (χ1n) is 4.71. The van der Waals surface area contributed by atoms with E-state index in [9.17, 15) is 22.8 Å². The summed E-state index contributed by atoms with van der Waals surface area (Å²) in [5.74, 6) is -2.71. The van der Waals surface area contributed by atoms with Crippen LogP contribution < -0.4 is 0 Å². The lowest BCUT2D eigenvalue weighted by Crippen LogP contribution is -2.37. The molecule has 1 heterocycles. The molecule has 1 fully saturated rings. The van der Waals surface area contributed by atoms with E-state index in [1.807, 2.05) is 0 Å². The molecule has 0 aromatic carbocycles. The smallest absolute Gasteiger partial charge is 0.330 e. The highest BCUT2D eigenvalue weighted by Gasteiger charge is 2.41. The molecule has 0 aromatic rings. The van der Waals surface area contributed by atoms with E-state index in [0.717, 1.165) is 0 Å². The Kier molecular flexibility index (Phi) is 3.63. The summed E-state index contributed by atoms with van der Waals surface area (Å²) in [7, 11) is -4.60. The second kappa shape index (κ2) is 4.60. The quantitative estimate of drug-likeness (QED) is 0.636. The summed E-state index contributed by atoms with van der Waals surface area (Å²) >= 11 is 0. The van der Waals surface area contributed by atoms with Crippen LogP contribution in [-0.2, 0) is 28.9 Å². The number of amides is 2. The Hall–Kier alpha value is -1.44. The molecule has 8 heteroatoms. The summed E-state index contributed by atoms with van der Waals surface area (Å²) in [6, 6.07) is 0. The van der Waals surface area contributed by atoms with Gasteiger partial charge in [-0.3, -0.25) is 14.4 Å². The summed E-state index contributed by atoms with van der Waals surface area (Å²) in [6.07, 6.45) is -0.0293. The molecule has 0 aromatic heterocycles. The number of carbonyl (C=O) groups is 3. The summed E-state index contributed by atoms with van der Waals surface area (Å²) in [4.78, 5) is 33.2. The molecule has 0 saturated carbocycles. The van der Waals surface area contributed by atoms with Crippen molar-refractivity contribution < 1.29 is 27.0 Å². The molecule has 0 unspecified atom stereocenters. The van der Waals surface area contributed by atoms with Gasteiger partial charge in [-0.05, 0) is 6.42 Å². The third-order valence-electron chi connectivity index (χ3n) is 1.88. The summed E-state index contributed by atoms with van der Waals surface area (Å²) in [6.45, 7) is 1.67. The molecule has 0 bridgehead atoms. The van der Waals surface area contributed by atoms with Crippen LogP contribution in [0.3, 0.4) is 0 Å². The van der Waals surface area contributed by atoms with Crippen molar-refractivity contribution in [1.29, 1.82) is 0 Å². The van der Waals surface area contributed by atoms with Crippen molar-refractivity contribution in [3.8, 4) is 0 Å². The summed E-state index contributed by atoms with van der Waals surface area (Å²) in [5.41, 5.74) is 0. The van der Waals surface area contributed by atoms with E-state index >= 15 is 0 Å². The van der Waals surface area contributed by atoms with Crippen molar-refractivity contribution in [2.45, 2.75) is 32.6 Å². The van der Waals surface area contributed by atoms with Gasteiger partial charge in [-0.25, -0.2) is 0 Å². The van der Waals surface area contributed by atoms with Gasteiger partial charge in [0.25, 0.3) is 0 Å². The number of imide groups is 1. The van der Waals surface area contributed by atoms with Gasteiger partial charge in [0.2, 0.25) is 11.8 Å². The highest BCUT2D eigenvalue weighted by molar-refractivity contribution is 7.86. The average molecular weight is 249 g/mol. The Morgan fingerprint density at radius 3 is 2.25 bits per heavy atom. The standard InChI is InChI=1S/C8H11NO6S/c1-2-3-8(12)15-16(13,14)9-6(10)4-5-7(9)11/h2-5H2,1H3. The van der Waals surface area contributed by atoms with Crippen LogP contribution in [-0.4, -0.2) is 30.5 Å². The Labute approximate surface area is 92.6 Å². The minimum Gasteiger partial charge on any atom is -0.330 e. The maximum absolute atomic E-state index is 11.4. The predicted octanol–water partition coefficient (Wildman–Crippen LogP) is -0.276. The van der Waals surface area contributed by atoms with Crippen LogP contribution in [0.1, 0.15) is 32.6 Å². The van der Waals surface area contributed by atoms with E-state index in [-0.39, 0.29) is 23.6 Å². The molecule has 0 radical (unpaired) electrons. The van der Waals surface area contributed by atoms with Crippen LogP contribution >= 0.6 is 0 Å². The normalized spacial score (nSPS) is 16.7. The highest BCUT2D eigenvalue weighted by Crippen LogP contribution is 2.17. The van der Waals surface area contributed by atoms with Gasteiger partial charge in [0.15, 0.2) is 0 Å². The molecular weight excluding hydrogens is 238 g/mol. The van der Waals surface area contributed by atoms with Gasteiger partial charge in [-0.2, -0.15) is 8.42 Å². The van der Waals surface area contributed by atoms with Crippen molar-refractivity contribution in [3.63, 3.8) is 0 Å². The summed E-state index contributed by atoms with van der Waals surface area (Å²) in [5, 5.41) is 0. The summed E-state index contributed by atoms with van der Waals surface area (Å²) < 4.78 is 26.9. The molecule has 0 N–H and O–H groups in total. The second-order valence-electron chi connectivity index (χ2n) is 3.21. The largest absolute Gasteiger partial charge is 0.421 e. The Morgan fingerprint density at radius 2 is 1.81 bits per heavy atom. The van der Waals surface area contributed by atoms with Crippen molar-refractivity contribution in [2.75, 3.05) is 0 Å². The number of hydrogen-bond acceptors (Lipinski definition) is 6. The first-order chi connectivity index (χ1) is 7.38. The molecular formula is C8H11NO6S. The van der Waals surface area contributed by atoms with E-state index in [4.69, 9.17) is 0 Å². The lowest BCUT2D eigenvalue weighted by atomic mass is 10.4. The zero-order chi connectivity index (χ0) is 12.3. The van der Waals surface area contributed by atoms with Crippen molar-refractivity contribution in [1.82, 2.24) is 4.31 Å². The van der Waals surface area contributed by atoms with Crippen LogP contribution in [0.4, 0.5) is 0 Å². The van der Waals surface area contributed by atoms with Crippen molar-refractivity contribution >= 4 is 28.1 Å². The highest BCUT2D eigenvalue weighted by atomic mass is 32.2. The van der Waals surface area contributed by atoms with Gasteiger partial charge in [0.1, 0.15) is 0 Å². The van der Waals surface area contributed by atoms with E-state index in [1.165, 1.54) is 0 Å². The SMILES string of the molecule is CCCC(=O)OS(=O)(=O)N1C(=O)CCC1=O. The van der Waals surface area contributed by atoms with E-state index in [1.54, 1.807) is 6.92 Å². The average Bonchev–Trinajstić information content (AvgIpc) is 2.45. The monoisotopic (exact) mass is 249 g/mol. The first kappa shape index (κ1) is 12.6. The van der Waals surface area contributed by atoms with Gasteiger partial charge in [0, 0.05) is 19.3 Å². The number of nitrogens with zero attached hydrogens (tertiary/aromatic N) is 1. The van der Waals surface area contributed by atoms with Crippen LogP contribution in [0.15, 0.2) is 0 Å². The van der Waals surface area contributed by atoms with Gasteiger partial charge in [-0.15, -0.1) is 4.31 Å². The van der Waals surface area contributed by atoms with Crippen LogP contribution in [0, 0.1) is 0 Å². The molecule has 1 rings (SSSR count). The van der Waals surface area contributed by atoms with E-state index in [0.29, 0.717) is 6.42 Å². The molecule has 16 heavy (non-hydrogen) atoms. The molecule has 90 valence electrons. The van der Waals surface area contributed by atoms with Gasteiger partial charge in [0.05, 0.1) is 0 Å². The van der Waals surface area contributed by atoms with Crippen LogP contribution in [0.5, 0.6) is 0 Å². The third kappa shape index (κ3) is 2.57. The molecule has 1 saturated heterocycles. The lowest BCUT2D eigenvalue weighted by molar-refractivity contribution is -0.135.